The minimum atomic E-state index is -0.139. The van der Waals surface area contributed by atoms with E-state index in [1.165, 1.54) is 0 Å². The predicted octanol–water partition coefficient (Wildman–Crippen LogP) is 3.22. The first kappa shape index (κ1) is 21.4. The number of pyridine rings is 1. The molecule has 1 atom stereocenters. The third-order valence-electron chi connectivity index (χ3n) is 6.84. The first-order chi connectivity index (χ1) is 16.1. The second kappa shape index (κ2) is 9.21. The Morgan fingerprint density at radius 1 is 1.06 bits per heavy atom. The number of nitrogens with zero attached hydrogens (tertiary/aromatic N) is 4. The van der Waals surface area contributed by atoms with Crippen LogP contribution in [-0.2, 0) is 4.79 Å². The van der Waals surface area contributed by atoms with Crippen LogP contribution in [0, 0.1) is 5.92 Å². The molecular formula is C25H29N5O3. The molecule has 172 valence electrons. The number of hydrogen-bond acceptors (Lipinski definition) is 5. The van der Waals surface area contributed by atoms with E-state index < -0.39 is 0 Å². The quantitative estimate of drug-likeness (QED) is 0.663. The number of carbonyl (C=O) groups is 2. The summed E-state index contributed by atoms with van der Waals surface area (Å²) in [6.45, 7) is 2.59. The minimum Gasteiger partial charge on any atom is -0.497 e. The van der Waals surface area contributed by atoms with E-state index in [1.807, 2.05) is 34.1 Å². The van der Waals surface area contributed by atoms with Crippen LogP contribution in [-0.4, -0.2) is 69.9 Å². The molecular weight excluding hydrogens is 418 g/mol. The van der Waals surface area contributed by atoms with Gasteiger partial charge in [0.2, 0.25) is 5.91 Å². The van der Waals surface area contributed by atoms with Gasteiger partial charge in [-0.2, -0.15) is 0 Å². The van der Waals surface area contributed by atoms with Crippen LogP contribution in [0.1, 0.15) is 47.8 Å². The van der Waals surface area contributed by atoms with E-state index in [4.69, 9.17) is 4.74 Å². The molecule has 8 nitrogen and oxygen atoms in total. The standard InChI is InChI=1S/C25H29N5O3/c1-33-20-7-2-5-18(15-20)24(31)30-12-4-6-19(16-30)25(32)29-13-9-17(10-14-29)22-27-21-8-3-11-26-23(21)28-22/h2-3,5,7-8,11,15,17,19H,4,6,9-10,12-14,16H2,1H3,(H,26,27,28). The molecule has 0 bridgehead atoms. The monoisotopic (exact) mass is 447 g/mol. The lowest BCUT2D eigenvalue weighted by Gasteiger charge is -2.37. The summed E-state index contributed by atoms with van der Waals surface area (Å²) in [7, 11) is 1.59. The van der Waals surface area contributed by atoms with Gasteiger partial charge in [-0.15, -0.1) is 0 Å². The average Bonchev–Trinajstić information content (AvgIpc) is 3.32. The zero-order valence-corrected chi connectivity index (χ0v) is 18.9. The smallest absolute Gasteiger partial charge is 0.254 e. The molecule has 4 heterocycles. The summed E-state index contributed by atoms with van der Waals surface area (Å²) < 4.78 is 5.25. The molecule has 2 fully saturated rings. The van der Waals surface area contributed by atoms with Crippen LogP contribution in [0.3, 0.4) is 0 Å². The molecule has 2 saturated heterocycles. The highest BCUT2D eigenvalue weighted by Gasteiger charge is 2.34. The molecule has 8 heteroatoms. The second-order valence-corrected chi connectivity index (χ2v) is 8.92. The van der Waals surface area contributed by atoms with Gasteiger partial charge >= 0.3 is 0 Å². The Morgan fingerprint density at radius 3 is 2.70 bits per heavy atom. The lowest BCUT2D eigenvalue weighted by molar-refractivity contribution is -0.138. The Kier molecular flexibility index (Phi) is 5.98. The van der Waals surface area contributed by atoms with Crippen molar-refractivity contribution in [1.82, 2.24) is 24.8 Å². The predicted molar refractivity (Wildman–Crippen MR) is 124 cm³/mol. The van der Waals surface area contributed by atoms with Crippen molar-refractivity contribution in [3.05, 3.63) is 54.0 Å². The van der Waals surface area contributed by atoms with Gasteiger partial charge in [0, 0.05) is 43.9 Å². The Bertz CT molecular complexity index is 1120. The maximum absolute atomic E-state index is 13.3. The van der Waals surface area contributed by atoms with Gasteiger partial charge in [0.25, 0.3) is 5.91 Å². The number of H-pyrrole nitrogens is 1. The number of aromatic nitrogens is 3. The zero-order valence-electron chi connectivity index (χ0n) is 18.9. The molecule has 33 heavy (non-hydrogen) atoms. The molecule has 1 unspecified atom stereocenters. The van der Waals surface area contributed by atoms with E-state index in [1.54, 1.807) is 25.4 Å². The van der Waals surface area contributed by atoms with Gasteiger partial charge in [-0.3, -0.25) is 9.59 Å². The number of nitrogens with one attached hydrogen (secondary N) is 1. The van der Waals surface area contributed by atoms with Gasteiger partial charge in [0.1, 0.15) is 11.6 Å². The van der Waals surface area contributed by atoms with E-state index in [2.05, 4.69) is 15.0 Å². The molecule has 2 aliphatic heterocycles. The third-order valence-corrected chi connectivity index (χ3v) is 6.84. The summed E-state index contributed by atoms with van der Waals surface area (Å²) in [6, 6.07) is 11.1. The topological polar surface area (TPSA) is 91.4 Å². The molecule has 0 aliphatic carbocycles. The first-order valence-corrected chi connectivity index (χ1v) is 11.6. The molecule has 1 aromatic carbocycles. The van der Waals surface area contributed by atoms with Crippen molar-refractivity contribution < 1.29 is 14.3 Å². The van der Waals surface area contributed by atoms with Crippen molar-refractivity contribution in [3.63, 3.8) is 0 Å². The normalized spacial score (nSPS) is 19.6. The summed E-state index contributed by atoms with van der Waals surface area (Å²) in [4.78, 5) is 42.4. The number of aromatic amines is 1. The fraction of sp³-hybridized carbons (Fsp3) is 0.440. The average molecular weight is 448 g/mol. The largest absolute Gasteiger partial charge is 0.497 e. The number of ether oxygens (including phenoxy) is 1. The molecule has 0 spiro atoms. The van der Waals surface area contributed by atoms with Crippen LogP contribution in [0.25, 0.3) is 11.2 Å². The highest BCUT2D eigenvalue weighted by Crippen LogP contribution is 2.29. The Labute approximate surface area is 193 Å². The fourth-order valence-electron chi connectivity index (χ4n) is 4.99. The lowest BCUT2D eigenvalue weighted by atomic mass is 9.92. The molecule has 3 aromatic rings. The highest BCUT2D eigenvalue weighted by atomic mass is 16.5. The third kappa shape index (κ3) is 4.42. The van der Waals surface area contributed by atoms with Crippen molar-refractivity contribution in [2.24, 2.45) is 5.92 Å². The summed E-state index contributed by atoms with van der Waals surface area (Å²) >= 11 is 0. The molecule has 0 saturated carbocycles. The Balaban J connectivity index is 1.19. The number of piperidine rings is 2. The number of hydrogen-bond donors (Lipinski definition) is 1. The maximum atomic E-state index is 13.3. The number of amides is 2. The molecule has 2 amide bonds. The van der Waals surface area contributed by atoms with Gasteiger partial charge in [-0.1, -0.05) is 6.07 Å². The van der Waals surface area contributed by atoms with Gasteiger partial charge in [0.15, 0.2) is 5.65 Å². The summed E-state index contributed by atoms with van der Waals surface area (Å²) in [5.74, 6) is 1.92. The van der Waals surface area contributed by atoms with Crippen LogP contribution in [0.15, 0.2) is 42.6 Å². The van der Waals surface area contributed by atoms with Crippen LogP contribution in [0.2, 0.25) is 0 Å². The molecule has 2 aromatic heterocycles. The second-order valence-electron chi connectivity index (χ2n) is 8.92. The van der Waals surface area contributed by atoms with Gasteiger partial charge < -0.3 is 19.5 Å². The minimum absolute atomic E-state index is 0.0383. The lowest BCUT2D eigenvalue weighted by Crippen LogP contribution is -2.48. The van der Waals surface area contributed by atoms with E-state index in [0.29, 0.717) is 43.4 Å². The van der Waals surface area contributed by atoms with Gasteiger partial charge in [-0.25, -0.2) is 9.97 Å². The van der Waals surface area contributed by atoms with Crippen LogP contribution < -0.4 is 4.74 Å². The number of imidazole rings is 1. The molecule has 0 radical (unpaired) electrons. The van der Waals surface area contributed by atoms with E-state index >= 15 is 0 Å². The summed E-state index contributed by atoms with van der Waals surface area (Å²) in [5.41, 5.74) is 2.30. The molecule has 5 rings (SSSR count). The summed E-state index contributed by atoms with van der Waals surface area (Å²) in [6.07, 6.45) is 5.18. The number of methoxy groups -OCH3 is 1. The van der Waals surface area contributed by atoms with Crippen molar-refractivity contribution in [3.8, 4) is 5.75 Å². The fourth-order valence-corrected chi connectivity index (χ4v) is 4.99. The van der Waals surface area contributed by atoms with Crippen molar-refractivity contribution in [2.75, 3.05) is 33.3 Å². The van der Waals surface area contributed by atoms with E-state index in [0.717, 1.165) is 42.7 Å². The van der Waals surface area contributed by atoms with Gasteiger partial charge in [-0.05, 0) is 56.0 Å². The number of rotatable bonds is 4. The number of fused-ring (bicyclic) bond motifs is 1. The van der Waals surface area contributed by atoms with Crippen LogP contribution in [0.5, 0.6) is 5.75 Å². The number of likely N-dealkylation sites (tertiary alicyclic amines) is 2. The Hall–Kier alpha value is -3.42. The maximum Gasteiger partial charge on any atom is 0.254 e. The number of carbonyl (C=O) groups excluding carboxylic acids is 2. The molecule has 2 aliphatic rings. The molecule has 1 N–H and O–H groups in total. The van der Waals surface area contributed by atoms with E-state index in [-0.39, 0.29) is 17.7 Å². The van der Waals surface area contributed by atoms with Crippen LogP contribution in [0.4, 0.5) is 0 Å². The Morgan fingerprint density at radius 2 is 1.91 bits per heavy atom. The van der Waals surface area contributed by atoms with Crippen molar-refractivity contribution in [1.29, 1.82) is 0 Å². The van der Waals surface area contributed by atoms with Gasteiger partial charge in [0.05, 0.1) is 18.5 Å². The highest BCUT2D eigenvalue weighted by molar-refractivity contribution is 5.95. The van der Waals surface area contributed by atoms with Crippen LogP contribution >= 0.6 is 0 Å². The van der Waals surface area contributed by atoms with Crippen molar-refractivity contribution >= 4 is 23.0 Å². The van der Waals surface area contributed by atoms with Crippen molar-refractivity contribution in [2.45, 2.75) is 31.6 Å². The summed E-state index contributed by atoms with van der Waals surface area (Å²) in [5, 5.41) is 0. The SMILES string of the molecule is COc1cccc(C(=O)N2CCCC(C(=O)N3CCC(c4nc5ncccc5[nH]4)CC3)C2)c1. The van der Waals surface area contributed by atoms with E-state index in [9.17, 15) is 9.59 Å². The first-order valence-electron chi connectivity index (χ1n) is 11.6. The zero-order chi connectivity index (χ0) is 22.8. The number of benzene rings is 1.